The van der Waals surface area contributed by atoms with Gasteiger partial charge >= 0.3 is 0 Å². The second-order valence-electron chi connectivity index (χ2n) is 2.52. The second-order valence-corrected chi connectivity index (χ2v) is 4.64. The fraction of sp³-hybridized carbons (Fsp3) is 0.333. The van der Waals surface area contributed by atoms with Gasteiger partial charge in [0, 0.05) is 6.54 Å². The molecule has 0 unspecified atom stereocenters. The van der Waals surface area contributed by atoms with Crippen LogP contribution in [0.15, 0.2) is 12.4 Å². The van der Waals surface area contributed by atoms with Gasteiger partial charge in [0.1, 0.15) is 11.0 Å². The normalized spacial score (nSPS) is 11.3. The zero-order valence-electron chi connectivity index (χ0n) is 7.14. The molecule has 0 aliphatic heterocycles. The number of hydrogen-bond donors (Lipinski definition) is 2. The highest BCUT2D eigenvalue weighted by atomic mass is 35.5. The summed E-state index contributed by atoms with van der Waals surface area (Å²) in [6, 6.07) is 0. The standard InChI is InChI=1S/C6H9ClN4O2S/c7-5-3-9-4-6(11-5)10-1-2-14(8,12)13/h3-4H,1-2H2,(H,10,11)(H2,8,12,13). The Morgan fingerprint density at radius 2 is 2.21 bits per heavy atom. The number of aromatic nitrogens is 2. The van der Waals surface area contributed by atoms with Gasteiger partial charge in [-0.1, -0.05) is 11.6 Å². The van der Waals surface area contributed by atoms with E-state index in [1.807, 2.05) is 0 Å². The number of nitrogens with two attached hydrogens (primary N) is 1. The van der Waals surface area contributed by atoms with Gasteiger partial charge in [-0.3, -0.25) is 4.98 Å². The van der Waals surface area contributed by atoms with Gasteiger partial charge in [0.15, 0.2) is 0 Å². The molecule has 0 radical (unpaired) electrons. The van der Waals surface area contributed by atoms with Gasteiger partial charge in [-0.05, 0) is 0 Å². The summed E-state index contributed by atoms with van der Waals surface area (Å²) in [5.41, 5.74) is 0. The predicted octanol–water partition coefficient (Wildman–Crippen LogP) is -0.170. The SMILES string of the molecule is NS(=O)(=O)CCNc1cncc(Cl)n1. The van der Waals surface area contributed by atoms with E-state index in [-0.39, 0.29) is 17.5 Å². The number of nitrogens with zero attached hydrogens (tertiary/aromatic N) is 2. The van der Waals surface area contributed by atoms with Crippen LogP contribution >= 0.6 is 11.6 Å². The quantitative estimate of drug-likeness (QED) is 0.757. The van der Waals surface area contributed by atoms with E-state index in [9.17, 15) is 8.42 Å². The van der Waals surface area contributed by atoms with E-state index in [0.29, 0.717) is 5.82 Å². The maximum Gasteiger partial charge on any atom is 0.210 e. The van der Waals surface area contributed by atoms with Gasteiger partial charge in [-0.15, -0.1) is 0 Å². The predicted molar refractivity (Wildman–Crippen MR) is 53.5 cm³/mol. The lowest BCUT2D eigenvalue weighted by Gasteiger charge is -2.03. The topological polar surface area (TPSA) is 98.0 Å². The van der Waals surface area contributed by atoms with Gasteiger partial charge in [-0.2, -0.15) is 0 Å². The molecule has 0 aliphatic rings. The molecule has 1 aromatic rings. The molecule has 0 amide bonds. The molecule has 8 heteroatoms. The molecule has 3 N–H and O–H groups in total. The van der Waals surface area contributed by atoms with Crippen molar-refractivity contribution in [1.29, 1.82) is 0 Å². The highest BCUT2D eigenvalue weighted by Crippen LogP contribution is 2.05. The molecule has 1 rings (SSSR count). The second kappa shape index (κ2) is 4.54. The largest absolute Gasteiger partial charge is 0.368 e. The van der Waals surface area contributed by atoms with Crippen molar-refractivity contribution < 1.29 is 8.42 Å². The molecule has 0 saturated carbocycles. The summed E-state index contributed by atoms with van der Waals surface area (Å²) in [5.74, 6) is 0.252. The first-order valence-electron chi connectivity index (χ1n) is 3.69. The van der Waals surface area contributed by atoms with Gasteiger partial charge < -0.3 is 5.32 Å². The van der Waals surface area contributed by atoms with Gasteiger partial charge in [-0.25, -0.2) is 18.5 Å². The van der Waals surface area contributed by atoms with Crippen LogP contribution in [-0.2, 0) is 10.0 Å². The summed E-state index contributed by atoms with van der Waals surface area (Å²) in [4.78, 5) is 7.61. The minimum Gasteiger partial charge on any atom is -0.368 e. The highest BCUT2D eigenvalue weighted by molar-refractivity contribution is 7.89. The minimum atomic E-state index is -3.45. The molecule has 14 heavy (non-hydrogen) atoms. The molecule has 0 aliphatic carbocycles. The number of halogens is 1. The van der Waals surface area contributed by atoms with Crippen LogP contribution in [0.3, 0.4) is 0 Å². The van der Waals surface area contributed by atoms with Crippen LogP contribution in [0.4, 0.5) is 5.82 Å². The lowest BCUT2D eigenvalue weighted by molar-refractivity contribution is 0.598. The first kappa shape index (κ1) is 11.2. The Morgan fingerprint density at radius 1 is 1.50 bits per heavy atom. The van der Waals surface area contributed by atoms with E-state index in [1.165, 1.54) is 12.4 Å². The summed E-state index contributed by atoms with van der Waals surface area (Å²) < 4.78 is 21.1. The average Bonchev–Trinajstić information content (AvgIpc) is 2.01. The summed E-state index contributed by atoms with van der Waals surface area (Å²) in [5, 5.41) is 7.77. The number of primary sulfonamides is 1. The molecule has 0 atom stereocenters. The molecule has 6 nitrogen and oxygen atoms in total. The van der Waals surface area contributed by atoms with Crippen LogP contribution in [0.2, 0.25) is 5.15 Å². The number of hydrogen-bond acceptors (Lipinski definition) is 5. The number of nitrogens with one attached hydrogen (secondary N) is 1. The Hall–Kier alpha value is -0.920. The maximum absolute atomic E-state index is 10.6. The van der Waals surface area contributed by atoms with Crippen molar-refractivity contribution in [2.45, 2.75) is 0 Å². The summed E-state index contributed by atoms with van der Waals surface area (Å²) >= 11 is 5.56. The highest BCUT2D eigenvalue weighted by Gasteiger charge is 2.02. The minimum absolute atomic E-state index is 0.165. The molecular weight excluding hydrogens is 228 g/mol. The van der Waals surface area contributed by atoms with E-state index in [0.717, 1.165) is 0 Å². The first-order valence-corrected chi connectivity index (χ1v) is 5.78. The van der Waals surface area contributed by atoms with Crippen LogP contribution in [-0.4, -0.2) is 30.7 Å². The van der Waals surface area contributed by atoms with Gasteiger partial charge in [0.2, 0.25) is 10.0 Å². The van der Waals surface area contributed by atoms with Crippen LogP contribution in [0.1, 0.15) is 0 Å². The van der Waals surface area contributed by atoms with E-state index in [4.69, 9.17) is 16.7 Å². The molecule has 78 valence electrons. The lowest BCUT2D eigenvalue weighted by Crippen LogP contribution is -2.22. The Bertz CT molecular complexity index is 408. The molecular formula is C6H9ClN4O2S. The van der Waals surface area contributed by atoms with Crippen LogP contribution in [0.25, 0.3) is 0 Å². The van der Waals surface area contributed by atoms with E-state index in [2.05, 4.69) is 15.3 Å². The van der Waals surface area contributed by atoms with Crippen LogP contribution in [0.5, 0.6) is 0 Å². The smallest absolute Gasteiger partial charge is 0.210 e. The summed E-state index contributed by atoms with van der Waals surface area (Å²) in [6.07, 6.45) is 2.82. The zero-order chi connectivity index (χ0) is 10.6. The molecule has 0 fully saturated rings. The average molecular weight is 237 g/mol. The van der Waals surface area contributed by atoms with E-state index >= 15 is 0 Å². The number of sulfonamides is 1. The fourth-order valence-corrected chi connectivity index (χ4v) is 1.28. The van der Waals surface area contributed by atoms with Crippen molar-refractivity contribution in [3.63, 3.8) is 0 Å². The molecule has 0 saturated heterocycles. The first-order chi connectivity index (χ1) is 6.47. The monoisotopic (exact) mass is 236 g/mol. The van der Waals surface area contributed by atoms with Crippen molar-refractivity contribution in [1.82, 2.24) is 9.97 Å². The Balaban J connectivity index is 2.47. The number of anilines is 1. The van der Waals surface area contributed by atoms with Crippen molar-refractivity contribution >= 4 is 27.4 Å². The molecule has 1 aromatic heterocycles. The molecule has 0 spiro atoms. The van der Waals surface area contributed by atoms with Crippen molar-refractivity contribution in [2.75, 3.05) is 17.6 Å². The Morgan fingerprint density at radius 3 is 2.79 bits per heavy atom. The molecule has 0 aromatic carbocycles. The lowest BCUT2D eigenvalue weighted by atomic mass is 10.6. The fourth-order valence-electron chi connectivity index (χ4n) is 0.749. The van der Waals surface area contributed by atoms with Gasteiger partial charge in [0.25, 0.3) is 0 Å². The Labute approximate surface area is 86.6 Å². The van der Waals surface area contributed by atoms with Crippen LogP contribution < -0.4 is 10.5 Å². The van der Waals surface area contributed by atoms with Crippen molar-refractivity contribution in [3.05, 3.63) is 17.5 Å². The number of rotatable bonds is 4. The van der Waals surface area contributed by atoms with E-state index in [1.54, 1.807) is 0 Å². The van der Waals surface area contributed by atoms with Crippen LogP contribution in [0, 0.1) is 0 Å². The third-order valence-corrected chi connectivity index (χ3v) is 2.25. The molecule has 1 heterocycles. The van der Waals surface area contributed by atoms with Crippen molar-refractivity contribution in [2.24, 2.45) is 5.14 Å². The maximum atomic E-state index is 10.6. The summed E-state index contributed by atoms with van der Waals surface area (Å²) in [6.45, 7) is 0.174. The molecule has 0 bridgehead atoms. The third kappa shape index (κ3) is 4.35. The summed E-state index contributed by atoms with van der Waals surface area (Å²) in [7, 11) is -3.45. The van der Waals surface area contributed by atoms with E-state index < -0.39 is 10.0 Å². The van der Waals surface area contributed by atoms with Gasteiger partial charge in [0.05, 0.1) is 18.1 Å². The third-order valence-electron chi connectivity index (χ3n) is 1.30. The van der Waals surface area contributed by atoms with Crippen molar-refractivity contribution in [3.8, 4) is 0 Å². The zero-order valence-corrected chi connectivity index (χ0v) is 8.72. The Kier molecular flexibility index (Phi) is 3.62.